The molecule has 0 amide bonds. The zero-order valence-corrected chi connectivity index (χ0v) is 10.2. The lowest BCUT2D eigenvalue weighted by Crippen LogP contribution is -2.04. The van der Waals surface area contributed by atoms with Gasteiger partial charge in [-0.25, -0.2) is 4.98 Å². The Bertz CT molecular complexity index is 577. The van der Waals surface area contributed by atoms with Crippen molar-refractivity contribution < 1.29 is 0 Å². The van der Waals surface area contributed by atoms with Crippen LogP contribution in [-0.2, 0) is 0 Å². The summed E-state index contributed by atoms with van der Waals surface area (Å²) >= 11 is 1.36. The molecule has 0 unspecified atom stereocenters. The van der Waals surface area contributed by atoms with E-state index in [1.165, 1.54) is 11.8 Å². The summed E-state index contributed by atoms with van der Waals surface area (Å²) in [4.78, 5) is 4.43. The Morgan fingerprint density at radius 3 is 2.94 bits per heavy atom. The molecule has 0 saturated carbocycles. The third-order valence-electron chi connectivity index (χ3n) is 2.18. The predicted octanol–water partition coefficient (Wildman–Crippen LogP) is 2.25. The summed E-state index contributed by atoms with van der Waals surface area (Å²) < 4.78 is 0. The van der Waals surface area contributed by atoms with Crippen molar-refractivity contribution in [2.24, 2.45) is 15.9 Å². The number of rotatable bonds is 2. The van der Waals surface area contributed by atoms with Gasteiger partial charge >= 0.3 is 0 Å². The fourth-order valence-corrected chi connectivity index (χ4v) is 1.47. The Morgan fingerprint density at radius 2 is 2.12 bits per heavy atom. The molecule has 1 aromatic carbocycles. The molecule has 0 saturated heterocycles. The summed E-state index contributed by atoms with van der Waals surface area (Å²) in [5.41, 5.74) is 7.21. The van der Waals surface area contributed by atoms with Crippen molar-refractivity contribution in [3.05, 3.63) is 42.1 Å². The highest BCUT2D eigenvalue weighted by Gasteiger charge is 1.94. The third kappa shape index (κ3) is 3.04. The lowest BCUT2D eigenvalue weighted by molar-refractivity contribution is 1.24. The molecule has 0 fully saturated rings. The monoisotopic (exact) mass is 244 g/mol. The number of para-hydroxylation sites is 1. The van der Waals surface area contributed by atoms with Gasteiger partial charge in [0, 0.05) is 5.39 Å². The van der Waals surface area contributed by atoms with Gasteiger partial charge in [0.2, 0.25) is 0 Å². The summed E-state index contributed by atoms with van der Waals surface area (Å²) in [6, 6.07) is 11.8. The van der Waals surface area contributed by atoms with Crippen molar-refractivity contribution in [3.63, 3.8) is 0 Å². The zero-order valence-electron chi connectivity index (χ0n) is 9.37. The minimum atomic E-state index is 0.432. The van der Waals surface area contributed by atoms with Crippen LogP contribution >= 0.6 is 11.8 Å². The molecule has 0 aliphatic rings. The van der Waals surface area contributed by atoms with Crippen LogP contribution in [0.5, 0.6) is 0 Å². The van der Waals surface area contributed by atoms with Crippen LogP contribution in [0.25, 0.3) is 10.9 Å². The smallest absolute Gasteiger partial charge is 0.180 e. The number of aromatic nitrogens is 1. The van der Waals surface area contributed by atoms with Crippen molar-refractivity contribution in [1.29, 1.82) is 0 Å². The van der Waals surface area contributed by atoms with Crippen LogP contribution in [0, 0.1) is 0 Å². The molecule has 0 atom stereocenters. The van der Waals surface area contributed by atoms with Crippen LogP contribution in [-0.4, -0.2) is 22.6 Å². The first-order chi connectivity index (χ1) is 8.29. The van der Waals surface area contributed by atoms with E-state index in [0.29, 0.717) is 5.17 Å². The van der Waals surface area contributed by atoms with E-state index in [1.807, 2.05) is 42.7 Å². The fourth-order valence-electron chi connectivity index (χ4n) is 1.34. The average Bonchev–Trinajstić information content (AvgIpc) is 2.38. The number of benzene rings is 1. The van der Waals surface area contributed by atoms with Gasteiger partial charge in [-0.2, -0.15) is 5.10 Å². The molecular formula is C12H12N4S. The SMILES string of the molecule is CS/C(N)=N/N=C/c1ccc2ccccc2n1. The summed E-state index contributed by atoms with van der Waals surface area (Å²) in [7, 11) is 0. The maximum Gasteiger partial charge on any atom is 0.180 e. The van der Waals surface area contributed by atoms with E-state index in [1.54, 1.807) is 6.21 Å². The van der Waals surface area contributed by atoms with Gasteiger partial charge in [0.05, 0.1) is 17.4 Å². The predicted molar refractivity (Wildman–Crippen MR) is 74.5 cm³/mol. The van der Waals surface area contributed by atoms with Crippen LogP contribution in [0.15, 0.2) is 46.6 Å². The number of fused-ring (bicyclic) bond motifs is 1. The lowest BCUT2D eigenvalue weighted by atomic mass is 10.2. The molecule has 17 heavy (non-hydrogen) atoms. The van der Waals surface area contributed by atoms with Crippen LogP contribution in [0.1, 0.15) is 5.69 Å². The molecule has 86 valence electrons. The van der Waals surface area contributed by atoms with Crippen LogP contribution in [0.2, 0.25) is 0 Å². The summed E-state index contributed by atoms with van der Waals surface area (Å²) in [6.45, 7) is 0. The van der Waals surface area contributed by atoms with E-state index in [0.717, 1.165) is 16.6 Å². The Balaban J connectivity index is 2.25. The third-order valence-corrected chi connectivity index (χ3v) is 2.68. The summed E-state index contributed by atoms with van der Waals surface area (Å²) in [5.74, 6) is 0. The van der Waals surface area contributed by atoms with E-state index in [9.17, 15) is 0 Å². The quantitative estimate of drug-likeness (QED) is 0.500. The zero-order chi connectivity index (χ0) is 12.1. The van der Waals surface area contributed by atoms with E-state index in [4.69, 9.17) is 5.73 Å². The molecule has 0 aliphatic carbocycles. The molecular weight excluding hydrogens is 232 g/mol. The topological polar surface area (TPSA) is 63.6 Å². The lowest BCUT2D eigenvalue weighted by Gasteiger charge is -1.97. The largest absolute Gasteiger partial charge is 0.377 e. The van der Waals surface area contributed by atoms with Gasteiger partial charge in [0.25, 0.3) is 0 Å². The first-order valence-corrected chi connectivity index (χ1v) is 6.28. The van der Waals surface area contributed by atoms with Gasteiger partial charge in [0.15, 0.2) is 5.17 Å². The van der Waals surface area contributed by atoms with Gasteiger partial charge in [-0.15, -0.1) is 5.10 Å². The van der Waals surface area contributed by atoms with Crippen LogP contribution < -0.4 is 5.73 Å². The molecule has 1 aromatic heterocycles. The molecule has 1 heterocycles. The second-order valence-electron chi connectivity index (χ2n) is 3.32. The average molecular weight is 244 g/mol. The standard InChI is InChI=1S/C12H12N4S/c1-17-12(13)16-14-8-10-7-6-9-4-2-3-5-11(9)15-10/h2-8H,1H3,(H2,13,16)/b14-8+. The molecule has 2 N–H and O–H groups in total. The van der Waals surface area contributed by atoms with Crippen molar-refractivity contribution in [3.8, 4) is 0 Å². The first kappa shape index (κ1) is 11.6. The molecule has 0 aliphatic heterocycles. The Morgan fingerprint density at radius 1 is 1.29 bits per heavy atom. The fraction of sp³-hybridized carbons (Fsp3) is 0.0833. The minimum Gasteiger partial charge on any atom is -0.377 e. The molecule has 5 heteroatoms. The molecule has 0 bridgehead atoms. The minimum absolute atomic E-state index is 0.432. The summed E-state index contributed by atoms with van der Waals surface area (Å²) in [5, 5.41) is 9.22. The van der Waals surface area contributed by atoms with Gasteiger partial charge in [-0.05, 0) is 18.4 Å². The Kier molecular flexibility index (Phi) is 3.72. The number of amidine groups is 1. The maximum absolute atomic E-state index is 5.51. The van der Waals surface area contributed by atoms with Gasteiger partial charge < -0.3 is 5.73 Å². The summed E-state index contributed by atoms with van der Waals surface area (Å²) in [6.07, 6.45) is 3.44. The van der Waals surface area contributed by atoms with Crippen molar-refractivity contribution in [2.45, 2.75) is 0 Å². The number of nitrogens with two attached hydrogens (primary N) is 1. The highest BCUT2D eigenvalue weighted by molar-refractivity contribution is 8.13. The maximum atomic E-state index is 5.51. The molecule has 4 nitrogen and oxygen atoms in total. The van der Waals surface area contributed by atoms with Crippen molar-refractivity contribution in [2.75, 3.05) is 6.26 Å². The van der Waals surface area contributed by atoms with Crippen LogP contribution in [0.4, 0.5) is 0 Å². The Labute approximate surface area is 104 Å². The molecule has 0 spiro atoms. The number of pyridine rings is 1. The Hall–Kier alpha value is -1.88. The van der Waals surface area contributed by atoms with Gasteiger partial charge in [0.1, 0.15) is 0 Å². The van der Waals surface area contributed by atoms with Crippen molar-refractivity contribution >= 4 is 34.0 Å². The number of thioether (sulfide) groups is 1. The first-order valence-electron chi connectivity index (χ1n) is 5.06. The highest BCUT2D eigenvalue weighted by atomic mass is 32.2. The van der Waals surface area contributed by atoms with Crippen LogP contribution in [0.3, 0.4) is 0 Å². The van der Waals surface area contributed by atoms with E-state index in [-0.39, 0.29) is 0 Å². The molecule has 2 aromatic rings. The number of hydrogen-bond donors (Lipinski definition) is 1. The number of hydrogen-bond acceptors (Lipinski definition) is 4. The second kappa shape index (κ2) is 5.45. The molecule has 2 rings (SSSR count). The highest BCUT2D eigenvalue weighted by Crippen LogP contribution is 2.10. The van der Waals surface area contributed by atoms with Gasteiger partial charge in [-0.3, -0.25) is 0 Å². The normalized spacial score (nSPS) is 12.4. The van der Waals surface area contributed by atoms with Gasteiger partial charge in [-0.1, -0.05) is 36.0 Å². The molecule has 0 radical (unpaired) electrons. The van der Waals surface area contributed by atoms with E-state index < -0.39 is 0 Å². The van der Waals surface area contributed by atoms with Crippen molar-refractivity contribution in [1.82, 2.24) is 4.98 Å². The second-order valence-corrected chi connectivity index (χ2v) is 4.14. The van der Waals surface area contributed by atoms with E-state index in [2.05, 4.69) is 15.2 Å². The van der Waals surface area contributed by atoms with E-state index >= 15 is 0 Å². The number of nitrogens with zero attached hydrogens (tertiary/aromatic N) is 3.